The molecule has 0 atom stereocenters. The van der Waals surface area contributed by atoms with Crippen molar-refractivity contribution in [1.82, 2.24) is 4.90 Å². The van der Waals surface area contributed by atoms with Gasteiger partial charge in [-0.3, -0.25) is 4.79 Å². The van der Waals surface area contributed by atoms with Crippen LogP contribution in [0.1, 0.15) is 18.4 Å². The van der Waals surface area contributed by atoms with Crippen LogP contribution in [0.25, 0.3) is 0 Å². The van der Waals surface area contributed by atoms with Gasteiger partial charge < -0.3 is 4.90 Å². The van der Waals surface area contributed by atoms with Crippen molar-refractivity contribution in [3.05, 3.63) is 48.6 Å². The molecule has 2 nitrogen and oxygen atoms in total. The smallest absolute Gasteiger partial charge is 0.282 e. The first-order chi connectivity index (χ1) is 9.27. The summed E-state index contributed by atoms with van der Waals surface area (Å²) in [5, 5.41) is 0.0841. The lowest BCUT2D eigenvalue weighted by Crippen LogP contribution is -2.27. The number of hydrogen-bond donors (Lipinski definition) is 0. The van der Waals surface area contributed by atoms with Crippen molar-refractivity contribution in [2.75, 3.05) is 12.3 Å². The maximum absolute atomic E-state index is 12.1. The number of amides is 1. The Balaban J connectivity index is 2.49. The van der Waals surface area contributed by atoms with Crippen molar-refractivity contribution in [2.45, 2.75) is 19.4 Å². The van der Waals surface area contributed by atoms with Gasteiger partial charge in [-0.2, -0.15) is 0 Å². The molecule has 0 saturated heterocycles. The Morgan fingerprint density at radius 3 is 2.79 bits per heavy atom. The standard InChI is InChI=1S/C16H19NOS/c1-3-5-9-13-19-16(18)17(12-4-2)14-15-10-7-6-8-11-15/h1,4,6-8,10-11H,2,5,9,12-14H2. The van der Waals surface area contributed by atoms with Crippen LogP contribution in [0.5, 0.6) is 0 Å². The van der Waals surface area contributed by atoms with Crippen LogP contribution < -0.4 is 0 Å². The van der Waals surface area contributed by atoms with Gasteiger partial charge in [0.15, 0.2) is 0 Å². The van der Waals surface area contributed by atoms with Crippen molar-refractivity contribution in [3.8, 4) is 12.3 Å². The predicted octanol–water partition coefficient (Wildman–Crippen LogP) is 3.94. The first-order valence-corrected chi connectivity index (χ1v) is 7.26. The van der Waals surface area contributed by atoms with Gasteiger partial charge in [0.2, 0.25) is 0 Å². The molecule has 0 aliphatic heterocycles. The van der Waals surface area contributed by atoms with E-state index in [0.717, 1.165) is 24.2 Å². The molecule has 0 spiro atoms. The lowest BCUT2D eigenvalue weighted by atomic mass is 10.2. The number of benzene rings is 1. The Kier molecular flexibility index (Phi) is 7.53. The molecule has 0 N–H and O–H groups in total. The highest BCUT2D eigenvalue weighted by Gasteiger charge is 2.12. The monoisotopic (exact) mass is 273 g/mol. The number of hydrogen-bond acceptors (Lipinski definition) is 2. The Hall–Kier alpha value is -1.66. The summed E-state index contributed by atoms with van der Waals surface area (Å²) < 4.78 is 0. The molecular formula is C16H19NOS. The largest absolute Gasteiger partial charge is 0.326 e. The summed E-state index contributed by atoms with van der Waals surface area (Å²) in [6.45, 7) is 4.89. The molecule has 0 aliphatic rings. The average molecular weight is 273 g/mol. The quantitative estimate of drug-likeness (QED) is 0.426. The van der Waals surface area contributed by atoms with Crippen LogP contribution in [0.3, 0.4) is 0 Å². The molecule has 0 aromatic heterocycles. The Morgan fingerprint density at radius 1 is 1.42 bits per heavy atom. The third kappa shape index (κ3) is 6.17. The number of thioether (sulfide) groups is 1. The molecule has 0 radical (unpaired) electrons. The van der Waals surface area contributed by atoms with E-state index < -0.39 is 0 Å². The normalized spacial score (nSPS) is 9.63. The summed E-state index contributed by atoms with van der Waals surface area (Å²) in [6, 6.07) is 9.97. The van der Waals surface area contributed by atoms with Crippen molar-refractivity contribution in [2.24, 2.45) is 0 Å². The van der Waals surface area contributed by atoms with Gasteiger partial charge in [0.25, 0.3) is 5.24 Å². The number of nitrogens with zero attached hydrogens (tertiary/aromatic N) is 1. The third-order valence-corrected chi connectivity index (χ3v) is 3.51. The first-order valence-electron chi connectivity index (χ1n) is 6.28. The van der Waals surface area contributed by atoms with Crippen LogP contribution >= 0.6 is 11.8 Å². The van der Waals surface area contributed by atoms with Crippen LogP contribution in [-0.4, -0.2) is 22.4 Å². The summed E-state index contributed by atoms with van der Waals surface area (Å²) in [5.41, 5.74) is 1.13. The van der Waals surface area contributed by atoms with Crippen LogP contribution in [0, 0.1) is 12.3 Å². The first kappa shape index (κ1) is 15.4. The van der Waals surface area contributed by atoms with Crippen molar-refractivity contribution in [3.63, 3.8) is 0 Å². The van der Waals surface area contributed by atoms with Crippen LogP contribution in [0.2, 0.25) is 0 Å². The minimum Gasteiger partial charge on any atom is -0.326 e. The topological polar surface area (TPSA) is 20.3 Å². The number of unbranched alkanes of at least 4 members (excludes halogenated alkanes) is 1. The van der Waals surface area contributed by atoms with Gasteiger partial charge >= 0.3 is 0 Å². The van der Waals surface area contributed by atoms with Gasteiger partial charge in [0, 0.05) is 25.3 Å². The average Bonchev–Trinajstić information content (AvgIpc) is 2.44. The summed E-state index contributed by atoms with van der Waals surface area (Å²) in [4.78, 5) is 13.9. The molecular weight excluding hydrogens is 254 g/mol. The van der Waals surface area contributed by atoms with Gasteiger partial charge in [0.1, 0.15) is 0 Å². The summed E-state index contributed by atoms with van der Waals surface area (Å²) in [7, 11) is 0. The van der Waals surface area contributed by atoms with E-state index in [4.69, 9.17) is 6.42 Å². The van der Waals surface area contributed by atoms with E-state index in [1.165, 1.54) is 11.8 Å². The van der Waals surface area contributed by atoms with E-state index >= 15 is 0 Å². The molecule has 0 fully saturated rings. The predicted molar refractivity (Wildman–Crippen MR) is 83.0 cm³/mol. The van der Waals surface area contributed by atoms with Crippen molar-refractivity contribution >= 4 is 17.0 Å². The second-order valence-corrected chi connectivity index (χ2v) is 5.12. The third-order valence-electron chi connectivity index (χ3n) is 2.51. The molecule has 19 heavy (non-hydrogen) atoms. The number of carbonyl (C=O) groups excluding carboxylic acids is 1. The molecule has 1 rings (SSSR count). The van der Waals surface area contributed by atoms with Crippen LogP contribution in [-0.2, 0) is 6.54 Å². The van der Waals surface area contributed by atoms with Gasteiger partial charge in [-0.15, -0.1) is 18.9 Å². The van der Waals surface area contributed by atoms with Gasteiger partial charge in [0.05, 0.1) is 0 Å². The van der Waals surface area contributed by atoms with E-state index in [1.807, 2.05) is 30.3 Å². The molecule has 1 amide bonds. The molecule has 1 aromatic carbocycles. The summed E-state index contributed by atoms with van der Waals surface area (Å²) in [5.74, 6) is 3.35. The Morgan fingerprint density at radius 2 is 2.16 bits per heavy atom. The fourth-order valence-electron chi connectivity index (χ4n) is 1.59. The van der Waals surface area contributed by atoms with E-state index in [2.05, 4.69) is 12.5 Å². The molecule has 0 saturated carbocycles. The number of terminal acetylenes is 1. The van der Waals surface area contributed by atoms with Gasteiger partial charge in [-0.05, 0) is 12.0 Å². The fraction of sp³-hybridized carbons (Fsp3) is 0.312. The minimum absolute atomic E-state index is 0.0841. The molecule has 0 aliphatic carbocycles. The molecule has 100 valence electrons. The van der Waals surface area contributed by atoms with Crippen molar-refractivity contribution in [1.29, 1.82) is 0 Å². The maximum Gasteiger partial charge on any atom is 0.282 e. The highest BCUT2D eigenvalue weighted by atomic mass is 32.2. The zero-order valence-electron chi connectivity index (χ0n) is 11.0. The highest BCUT2D eigenvalue weighted by molar-refractivity contribution is 8.13. The highest BCUT2D eigenvalue weighted by Crippen LogP contribution is 2.14. The Labute approximate surface area is 119 Å². The van der Waals surface area contributed by atoms with Gasteiger partial charge in [-0.1, -0.05) is 48.2 Å². The van der Waals surface area contributed by atoms with Crippen LogP contribution in [0.15, 0.2) is 43.0 Å². The summed E-state index contributed by atoms with van der Waals surface area (Å²) >= 11 is 1.33. The second kappa shape index (κ2) is 9.29. The van der Waals surface area contributed by atoms with E-state index in [-0.39, 0.29) is 5.24 Å². The molecule has 0 bridgehead atoms. The zero-order chi connectivity index (χ0) is 13.9. The van der Waals surface area contributed by atoms with E-state index in [0.29, 0.717) is 13.1 Å². The lowest BCUT2D eigenvalue weighted by Gasteiger charge is -2.20. The van der Waals surface area contributed by atoms with Gasteiger partial charge in [-0.25, -0.2) is 0 Å². The molecule has 0 heterocycles. The lowest BCUT2D eigenvalue weighted by molar-refractivity contribution is 0.226. The Bertz CT molecular complexity index is 436. The molecule has 0 unspecified atom stereocenters. The van der Waals surface area contributed by atoms with E-state index in [9.17, 15) is 4.79 Å². The van der Waals surface area contributed by atoms with Crippen LogP contribution in [0.4, 0.5) is 4.79 Å². The molecule has 1 aromatic rings. The summed E-state index contributed by atoms with van der Waals surface area (Å²) in [6.07, 6.45) is 8.54. The second-order valence-electron chi connectivity index (χ2n) is 4.08. The van der Waals surface area contributed by atoms with Crippen molar-refractivity contribution < 1.29 is 4.79 Å². The number of rotatable bonds is 7. The van der Waals surface area contributed by atoms with E-state index in [1.54, 1.807) is 11.0 Å². The SMILES string of the molecule is C#CCCCSC(=O)N(CC=C)Cc1ccccc1. The molecule has 3 heteroatoms. The minimum atomic E-state index is 0.0841. The maximum atomic E-state index is 12.1. The fourth-order valence-corrected chi connectivity index (χ4v) is 2.37. The number of carbonyl (C=O) groups is 1. The zero-order valence-corrected chi connectivity index (χ0v) is 11.9.